The summed E-state index contributed by atoms with van der Waals surface area (Å²) in [6.07, 6.45) is 3.15. The topological polar surface area (TPSA) is 146 Å². The highest BCUT2D eigenvalue weighted by Crippen LogP contribution is 2.56. The molecule has 3 fully saturated rings. The van der Waals surface area contributed by atoms with Crippen LogP contribution < -0.4 is 19.9 Å². The lowest BCUT2D eigenvalue weighted by Crippen LogP contribution is -2.74. The molecule has 1 saturated heterocycles. The number of hydrogen-bond acceptors (Lipinski definition) is 10. The van der Waals surface area contributed by atoms with Crippen LogP contribution in [0.4, 0.5) is 17.2 Å². The molecule has 0 bridgehead atoms. The van der Waals surface area contributed by atoms with Crippen LogP contribution in [0.3, 0.4) is 0 Å². The Balaban J connectivity index is 0.882. The maximum atomic E-state index is 13.6. The Labute approximate surface area is 318 Å². The van der Waals surface area contributed by atoms with Crippen LogP contribution in [0.15, 0.2) is 67.0 Å². The first kappa shape index (κ1) is 35.8. The van der Waals surface area contributed by atoms with Crippen molar-refractivity contribution in [2.75, 3.05) is 36.0 Å². The maximum absolute atomic E-state index is 13.6. The summed E-state index contributed by atoms with van der Waals surface area (Å²) in [7, 11) is 0. The third-order valence-corrected chi connectivity index (χ3v) is 11.8. The molecule has 1 unspecified atom stereocenters. The van der Waals surface area contributed by atoms with E-state index in [1.54, 1.807) is 36.7 Å². The van der Waals surface area contributed by atoms with Gasteiger partial charge < -0.3 is 19.9 Å². The Hall–Kier alpha value is -6.16. The Morgan fingerprint density at radius 2 is 1.62 bits per heavy atom. The van der Waals surface area contributed by atoms with Gasteiger partial charge in [0.25, 0.3) is 17.7 Å². The number of imide groups is 1. The van der Waals surface area contributed by atoms with Crippen LogP contribution >= 0.6 is 0 Å². The molecule has 55 heavy (non-hydrogen) atoms. The lowest BCUT2D eigenvalue weighted by molar-refractivity contribution is -0.163. The Morgan fingerprint density at radius 1 is 0.891 bits per heavy atom. The molecule has 1 atom stereocenters. The van der Waals surface area contributed by atoms with Crippen molar-refractivity contribution in [3.63, 3.8) is 0 Å². The Bertz CT molecular complexity index is 2310. The van der Waals surface area contributed by atoms with Gasteiger partial charge in [0.2, 0.25) is 5.69 Å². The molecular formula is C42H41N7O6. The van der Waals surface area contributed by atoms with Crippen LogP contribution in [0.5, 0.6) is 5.75 Å². The second-order valence-corrected chi connectivity index (χ2v) is 16.0. The van der Waals surface area contributed by atoms with E-state index in [1.807, 2.05) is 30.3 Å². The predicted molar refractivity (Wildman–Crippen MR) is 204 cm³/mol. The zero-order valence-electron chi connectivity index (χ0n) is 31.2. The van der Waals surface area contributed by atoms with E-state index in [4.69, 9.17) is 11.3 Å². The number of carbonyl (C=O) groups excluding carboxylic acids is 5. The number of ketones is 2. The van der Waals surface area contributed by atoms with Gasteiger partial charge in [-0.05, 0) is 55.0 Å². The summed E-state index contributed by atoms with van der Waals surface area (Å²) in [5, 5.41) is 4.03. The van der Waals surface area contributed by atoms with Gasteiger partial charge in [-0.25, -0.2) is 9.83 Å². The predicted octanol–water partition coefficient (Wildman–Crippen LogP) is 5.41. The summed E-state index contributed by atoms with van der Waals surface area (Å²) in [5.41, 5.74) is 2.08. The molecule has 3 amide bonds. The van der Waals surface area contributed by atoms with E-state index in [9.17, 15) is 24.0 Å². The number of rotatable bonds is 7. The highest BCUT2D eigenvalue weighted by Gasteiger charge is 2.64. The fourth-order valence-corrected chi connectivity index (χ4v) is 9.23. The van der Waals surface area contributed by atoms with Crippen LogP contribution in [0, 0.1) is 17.4 Å². The lowest BCUT2D eigenvalue weighted by atomic mass is 9.49. The number of hydrogen-bond donors (Lipinski definition) is 1. The molecule has 2 aromatic carbocycles. The molecule has 13 nitrogen and oxygen atoms in total. The van der Waals surface area contributed by atoms with Crippen molar-refractivity contribution in [1.29, 1.82) is 0 Å². The normalized spacial score (nSPS) is 23.0. The molecule has 4 aliphatic rings. The average Bonchev–Trinajstić information content (AvgIpc) is 3.43. The van der Waals surface area contributed by atoms with Crippen LogP contribution in [-0.4, -0.2) is 88.5 Å². The fraction of sp³-hybridized carbons (Fsp3) is 0.381. The molecule has 0 radical (unpaired) electrons. The minimum absolute atomic E-state index is 0.163. The number of pyridine rings is 2. The molecule has 8 rings (SSSR count). The summed E-state index contributed by atoms with van der Waals surface area (Å²) in [6.45, 7) is 18.4. The van der Waals surface area contributed by atoms with E-state index in [0.717, 1.165) is 21.8 Å². The highest BCUT2D eigenvalue weighted by atomic mass is 16.5. The van der Waals surface area contributed by atoms with Crippen molar-refractivity contribution in [2.24, 2.45) is 10.8 Å². The quantitative estimate of drug-likeness (QED) is 0.148. The molecule has 13 heteroatoms. The third kappa shape index (κ3) is 5.96. The smallest absolute Gasteiger partial charge is 0.262 e. The van der Waals surface area contributed by atoms with E-state index >= 15 is 0 Å². The van der Waals surface area contributed by atoms with Gasteiger partial charge in [-0.3, -0.25) is 33.9 Å². The van der Waals surface area contributed by atoms with Crippen molar-refractivity contribution in [2.45, 2.75) is 65.1 Å². The van der Waals surface area contributed by atoms with Crippen LogP contribution in [0.1, 0.15) is 78.0 Å². The average molecular weight is 740 g/mol. The van der Waals surface area contributed by atoms with Crippen LogP contribution in [0.2, 0.25) is 0 Å². The monoisotopic (exact) mass is 739 g/mol. The minimum Gasteiger partial charge on any atom is -0.489 e. The summed E-state index contributed by atoms with van der Waals surface area (Å²) < 4.78 is 6.63. The van der Waals surface area contributed by atoms with E-state index < -0.39 is 28.7 Å². The summed E-state index contributed by atoms with van der Waals surface area (Å²) in [4.78, 5) is 82.3. The molecule has 2 aliphatic carbocycles. The van der Waals surface area contributed by atoms with E-state index in [0.29, 0.717) is 48.7 Å². The molecule has 1 N–H and O–H groups in total. The van der Waals surface area contributed by atoms with Gasteiger partial charge in [-0.15, -0.1) is 0 Å². The Kier molecular flexibility index (Phi) is 8.67. The van der Waals surface area contributed by atoms with Gasteiger partial charge in [-0.1, -0.05) is 33.8 Å². The number of nitrogens with one attached hydrogen (secondary N) is 1. The van der Waals surface area contributed by atoms with Crippen molar-refractivity contribution in [1.82, 2.24) is 20.2 Å². The van der Waals surface area contributed by atoms with Crippen molar-refractivity contribution in [3.8, 4) is 5.75 Å². The second kappa shape index (κ2) is 13.3. The first-order valence-corrected chi connectivity index (χ1v) is 18.5. The number of benzene rings is 2. The summed E-state index contributed by atoms with van der Waals surface area (Å²) in [5.74, 6) is -0.331. The van der Waals surface area contributed by atoms with Gasteiger partial charge in [-0.2, -0.15) is 0 Å². The molecule has 2 saturated carbocycles. The molecule has 0 spiro atoms. The summed E-state index contributed by atoms with van der Waals surface area (Å²) in [6, 6.07) is 15.1. The number of fused-ring (bicyclic) bond motifs is 2. The van der Waals surface area contributed by atoms with E-state index in [1.165, 1.54) is 0 Å². The molecule has 2 aromatic heterocycles. The molecule has 4 aromatic rings. The number of piperazine rings is 1. The van der Waals surface area contributed by atoms with Crippen molar-refractivity contribution < 1.29 is 28.7 Å². The van der Waals surface area contributed by atoms with Crippen molar-refractivity contribution >= 4 is 57.4 Å². The molecule has 2 aliphatic heterocycles. The standard InChI is InChI=1S/C42H41N7O6/c1-41(2)39(42(3,4)40(41)55-33-14-12-30(43-5)35-28(33)7-6-16-44-35)46-36(52)24-8-15-34(45-23-24)48-19-17-47(18-20-48)25-9-11-27-29(21-25)38(54)49(37(27)53)31-13-10-26(50)22-32(31)51/h6-9,11-12,14-16,21,23,31,39-40H,10,13,17-20,22H2,1-4H3,(H,46,52). The third-order valence-electron chi connectivity index (χ3n) is 11.8. The lowest BCUT2D eigenvalue weighted by Gasteiger charge is -2.63. The van der Waals surface area contributed by atoms with Crippen LogP contribution in [0.25, 0.3) is 15.7 Å². The second-order valence-electron chi connectivity index (χ2n) is 16.0. The van der Waals surface area contributed by atoms with Gasteiger partial charge in [0.15, 0.2) is 5.78 Å². The number of nitrogens with zero attached hydrogens (tertiary/aromatic N) is 6. The van der Waals surface area contributed by atoms with Gasteiger partial charge >= 0.3 is 0 Å². The molecular weight excluding hydrogens is 699 g/mol. The number of aromatic nitrogens is 2. The van der Waals surface area contributed by atoms with Gasteiger partial charge in [0.05, 0.1) is 41.2 Å². The number of amides is 3. The zero-order valence-corrected chi connectivity index (χ0v) is 31.2. The number of Topliss-reactive ketones (excluding diaryl/α,β-unsaturated/α-hetero) is 2. The number of anilines is 2. The molecule has 4 heterocycles. The summed E-state index contributed by atoms with van der Waals surface area (Å²) >= 11 is 0. The van der Waals surface area contributed by atoms with Gasteiger partial charge in [0, 0.05) is 72.9 Å². The van der Waals surface area contributed by atoms with Crippen LogP contribution in [-0.2, 0) is 9.59 Å². The maximum Gasteiger partial charge on any atom is 0.262 e. The fourth-order valence-electron chi connectivity index (χ4n) is 9.23. The minimum atomic E-state index is -0.896. The first-order valence-electron chi connectivity index (χ1n) is 18.5. The number of ether oxygens (including phenoxy) is 1. The molecule has 280 valence electrons. The van der Waals surface area contributed by atoms with E-state index in [2.05, 4.69) is 57.6 Å². The first-order chi connectivity index (χ1) is 26.3. The Morgan fingerprint density at radius 3 is 2.31 bits per heavy atom. The zero-order chi connectivity index (χ0) is 38.8. The SMILES string of the molecule is [C-]#[N+]c1ccc(OC2C(C)(C)C(NC(=O)c3ccc(N4CCN(c5ccc6c(c5)C(=O)N(C5CCC(=O)CC5=O)C6=O)CC4)nc3)C2(C)C)c2cccnc12. The van der Waals surface area contributed by atoms with Gasteiger partial charge in [0.1, 0.15) is 23.5 Å². The van der Waals surface area contributed by atoms with Crippen molar-refractivity contribution in [3.05, 3.63) is 95.1 Å². The largest absolute Gasteiger partial charge is 0.489 e. The van der Waals surface area contributed by atoms with E-state index in [-0.39, 0.29) is 60.0 Å². The number of carbonyl (C=O) groups is 5. The highest BCUT2D eigenvalue weighted by molar-refractivity contribution is 6.24.